The zero-order chi connectivity index (χ0) is 14.2. The molecule has 0 saturated heterocycles. The molecule has 0 atom stereocenters. The van der Waals surface area contributed by atoms with Crippen molar-refractivity contribution in [1.29, 1.82) is 0 Å². The summed E-state index contributed by atoms with van der Waals surface area (Å²) in [5, 5.41) is 4.39. The Morgan fingerprint density at radius 2 is 2.00 bits per heavy atom. The minimum atomic E-state index is 0.768. The number of hydrogen-bond donors (Lipinski definition) is 2. The van der Waals surface area contributed by atoms with Crippen LogP contribution in [0.1, 0.15) is 26.2 Å². The summed E-state index contributed by atoms with van der Waals surface area (Å²) in [6.07, 6.45) is 3.32. The third-order valence-corrected chi connectivity index (χ3v) is 3.13. The number of nitrogens with two attached hydrogens (primary N) is 1. The number of anilines is 2. The van der Waals surface area contributed by atoms with Gasteiger partial charge >= 0.3 is 0 Å². The molecule has 0 amide bonds. The van der Waals surface area contributed by atoms with Gasteiger partial charge in [-0.05, 0) is 43.2 Å². The first-order valence-electron chi connectivity index (χ1n) is 7.27. The van der Waals surface area contributed by atoms with Crippen molar-refractivity contribution in [3.8, 4) is 0 Å². The number of unbranched alkanes of at least 4 members (excludes halogenated alkanes) is 1. The number of fused-ring (bicyclic) bond motifs is 1. The maximum atomic E-state index is 5.75. The topological polar surface area (TPSA) is 60.2 Å². The van der Waals surface area contributed by atoms with Crippen molar-refractivity contribution in [2.24, 2.45) is 0 Å². The summed E-state index contributed by atoms with van der Waals surface area (Å²) in [7, 11) is 0. The van der Waals surface area contributed by atoms with Crippen LogP contribution in [0.2, 0.25) is 0 Å². The van der Waals surface area contributed by atoms with E-state index in [1.807, 2.05) is 30.3 Å². The van der Waals surface area contributed by atoms with E-state index in [0.29, 0.717) is 0 Å². The molecule has 0 aliphatic carbocycles. The second-order valence-corrected chi connectivity index (χ2v) is 4.89. The Bertz CT molecular complexity index is 542. The molecule has 108 valence electrons. The molecule has 3 N–H and O–H groups in total. The first kappa shape index (κ1) is 14.6. The van der Waals surface area contributed by atoms with E-state index in [2.05, 4.69) is 17.2 Å². The molecule has 0 radical (unpaired) electrons. The Kier molecular flexibility index (Phi) is 5.62. The Hall–Kier alpha value is -1.81. The van der Waals surface area contributed by atoms with Crippen molar-refractivity contribution in [2.75, 3.05) is 30.8 Å². The fourth-order valence-corrected chi connectivity index (χ4v) is 1.98. The number of ether oxygens (including phenoxy) is 1. The lowest BCUT2D eigenvalue weighted by Gasteiger charge is -2.07. The molecule has 0 spiro atoms. The number of hydrogen-bond acceptors (Lipinski definition) is 4. The van der Waals surface area contributed by atoms with Crippen LogP contribution in [0.5, 0.6) is 0 Å². The Morgan fingerprint density at radius 1 is 1.15 bits per heavy atom. The third-order valence-electron chi connectivity index (χ3n) is 3.13. The molecule has 1 heterocycles. The van der Waals surface area contributed by atoms with Crippen LogP contribution in [0.3, 0.4) is 0 Å². The number of benzene rings is 1. The van der Waals surface area contributed by atoms with Gasteiger partial charge in [0, 0.05) is 30.8 Å². The molecule has 20 heavy (non-hydrogen) atoms. The second-order valence-electron chi connectivity index (χ2n) is 4.89. The summed E-state index contributed by atoms with van der Waals surface area (Å²) < 4.78 is 5.52. The largest absolute Gasteiger partial charge is 0.399 e. The summed E-state index contributed by atoms with van der Waals surface area (Å²) in [6.45, 7) is 4.72. The van der Waals surface area contributed by atoms with E-state index in [9.17, 15) is 0 Å². The number of pyridine rings is 1. The highest BCUT2D eigenvalue weighted by molar-refractivity contribution is 5.83. The molecule has 0 fully saturated rings. The van der Waals surface area contributed by atoms with E-state index in [1.165, 1.54) is 6.42 Å². The van der Waals surface area contributed by atoms with Gasteiger partial charge in [-0.3, -0.25) is 0 Å². The van der Waals surface area contributed by atoms with Gasteiger partial charge in [-0.1, -0.05) is 13.3 Å². The third kappa shape index (κ3) is 4.38. The minimum absolute atomic E-state index is 0.768. The van der Waals surface area contributed by atoms with Gasteiger partial charge in [0.1, 0.15) is 5.82 Å². The molecule has 0 aliphatic rings. The molecule has 1 aromatic heterocycles. The number of nitrogens with one attached hydrogen (secondary N) is 1. The first-order chi connectivity index (χ1) is 9.79. The van der Waals surface area contributed by atoms with E-state index in [0.717, 1.165) is 55.0 Å². The molecule has 2 rings (SSSR count). The van der Waals surface area contributed by atoms with E-state index < -0.39 is 0 Å². The first-order valence-corrected chi connectivity index (χ1v) is 7.27. The molecule has 2 aromatic rings. The van der Waals surface area contributed by atoms with E-state index in [-0.39, 0.29) is 0 Å². The van der Waals surface area contributed by atoms with Crippen LogP contribution in [0, 0.1) is 0 Å². The zero-order valence-corrected chi connectivity index (χ0v) is 12.1. The van der Waals surface area contributed by atoms with Gasteiger partial charge in [0.15, 0.2) is 0 Å². The van der Waals surface area contributed by atoms with E-state index in [4.69, 9.17) is 10.5 Å². The van der Waals surface area contributed by atoms with Crippen molar-refractivity contribution in [2.45, 2.75) is 26.2 Å². The van der Waals surface area contributed by atoms with Crippen molar-refractivity contribution < 1.29 is 4.74 Å². The lowest BCUT2D eigenvalue weighted by molar-refractivity contribution is 0.131. The quantitative estimate of drug-likeness (QED) is 0.571. The minimum Gasteiger partial charge on any atom is -0.399 e. The van der Waals surface area contributed by atoms with Crippen LogP contribution in [0.4, 0.5) is 11.5 Å². The summed E-state index contributed by atoms with van der Waals surface area (Å²) in [6, 6.07) is 9.79. The van der Waals surface area contributed by atoms with Gasteiger partial charge in [-0.2, -0.15) is 0 Å². The standard InChI is InChI=1S/C16H23N3O/c1-2-3-10-20-11-4-9-18-16-8-5-13-12-14(17)6-7-15(13)19-16/h5-8,12H,2-4,9-11,17H2,1H3,(H,18,19). The average Bonchev–Trinajstić information content (AvgIpc) is 2.46. The zero-order valence-electron chi connectivity index (χ0n) is 12.1. The molecule has 1 aromatic carbocycles. The number of nitrogen functional groups attached to an aromatic ring is 1. The van der Waals surface area contributed by atoms with Crippen LogP contribution in [0.25, 0.3) is 10.9 Å². The lowest BCUT2D eigenvalue weighted by Crippen LogP contribution is -2.07. The normalized spacial score (nSPS) is 10.8. The van der Waals surface area contributed by atoms with Gasteiger partial charge < -0.3 is 15.8 Å². The van der Waals surface area contributed by atoms with Crippen LogP contribution >= 0.6 is 0 Å². The van der Waals surface area contributed by atoms with Crippen molar-refractivity contribution >= 4 is 22.4 Å². The molecule has 0 aliphatic heterocycles. The average molecular weight is 273 g/mol. The van der Waals surface area contributed by atoms with E-state index in [1.54, 1.807) is 0 Å². The maximum Gasteiger partial charge on any atom is 0.126 e. The summed E-state index contributed by atoms with van der Waals surface area (Å²) in [5.41, 5.74) is 7.48. The number of nitrogens with zero attached hydrogens (tertiary/aromatic N) is 1. The summed E-state index contributed by atoms with van der Waals surface area (Å²) in [5.74, 6) is 0.899. The fourth-order valence-electron chi connectivity index (χ4n) is 1.98. The van der Waals surface area contributed by atoms with Crippen LogP contribution < -0.4 is 11.1 Å². The van der Waals surface area contributed by atoms with Gasteiger partial charge in [0.2, 0.25) is 0 Å². The second kappa shape index (κ2) is 7.70. The lowest BCUT2D eigenvalue weighted by atomic mass is 10.2. The molecule has 0 saturated carbocycles. The molecular weight excluding hydrogens is 250 g/mol. The van der Waals surface area contributed by atoms with Gasteiger partial charge in [0.05, 0.1) is 5.52 Å². The fraction of sp³-hybridized carbons (Fsp3) is 0.438. The highest BCUT2D eigenvalue weighted by Gasteiger charge is 1.98. The van der Waals surface area contributed by atoms with Crippen molar-refractivity contribution in [1.82, 2.24) is 4.98 Å². The Morgan fingerprint density at radius 3 is 2.85 bits per heavy atom. The molecule has 4 nitrogen and oxygen atoms in total. The number of rotatable bonds is 8. The smallest absolute Gasteiger partial charge is 0.126 e. The molecule has 0 bridgehead atoms. The van der Waals surface area contributed by atoms with Crippen molar-refractivity contribution in [3.63, 3.8) is 0 Å². The SMILES string of the molecule is CCCCOCCCNc1ccc2cc(N)ccc2n1. The summed E-state index contributed by atoms with van der Waals surface area (Å²) >= 11 is 0. The predicted molar refractivity (Wildman–Crippen MR) is 85.0 cm³/mol. The van der Waals surface area contributed by atoms with Crippen LogP contribution in [-0.2, 0) is 4.74 Å². The van der Waals surface area contributed by atoms with Crippen LogP contribution in [0.15, 0.2) is 30.3 Å². The molecule has 0 unspecified atom stereocenters. The maximum absolute atomic E-state index is 5.75. The molecular formula is C16H23N3O. The van der Waals surface area contributed by atoms with Gasteiger partial charge in [-0.25, -0.2) is 4.98 Å². The Balaban J connectivity index is 1.77. The molecule has 4 heteroatoms. The van der Waals surface area contributed by atoms with Crippen LogP contribution in [-0.4, -0.2) is 24.7 Å². The Labute approximate surface area is 120 Å². The van der Waals surface area contributed by atoms with Crippen molar-refractivity contribution in [3.05, 3.63) is 30.3 Å². The highest BCUT2D eigenvalue weighted by Crippen LogP contribution is 2.17. The predicted octanol–water partition coefficient (Wildman–Crippen LogP) is 3.44. The summed E-state index contributed by atoms with van der Waals surface area (Å²) in [4.78, 5) is 4.56. The monoisotopic (exact) mass is 273 g/mol. The number of aromatic nitrogens is 1. The highest BCUT2D eigenvalue weighted by atomic mass is 16.5. The van der Waals surface area contributed by atoms with E-state index >= 15 is 0 Å². The van der Waals surface area contributed by atoms with Gasteiger partial charge in [0.25, 0.3) is 0 Å². The van der Waals surface area contributed by atoms with Gasteiger partial charge in [-0.15, -0.1) is 0 Å².